The summed E-state index contributed by atoms with van der Waals surface area (Å²) in [7, 11) is 0. The predicted molar refractivity (Wildman–Crippen MR) is 65.7 cm³/mol. The molecule has 16 heavy (non-hydrogen) atoms. The summed E-state index contributed by atoms with van der Waals surface area (Å²) in [5.74, 6) is 0. The van der Waals surface area contributed by atoms with Gasteiger partial charge < -0.3 is 5.11 Å². The summed E-state index contributed by atoms with van der Waals surface area (Å²) >= 11 is 3.05. The molecule has 0 aliphatic carbocycles. The summed E-state index contributed by atoms with van der Waals surface area (Å²) in [5, 5.41) is 17.7. The average molecular weight is 252 g/mol. The number of aliphatic hydroxyl groups excluding tert-OH is 1. The van der Waals surface area contributed by atoms with Gasteiger partial charge in [-0.3, -0.25) is 0 Å². The van der Waals surface area contributed by atoms with Crippen LogP contribution in [0, 0.1) is 0 Å². The number of aromatic nitrogens is 2. The number of benzene rings is 1. The molecule has 0 saturated carbocycles. The Morgan fingerprint density at radius 2 is 2.25 bits per heavy atom. The third kappa shape index (κ3) is 2.61. The molecule has 1 heterocycles. The van der Waals surface area contributed by atoms with Gasteiger partial charge in [0.25, 0.3) is 0 Å². The van der Waals surface area contributed by atoms with Gasteiger partial charge in [0.15, 0.2) is 4.34 Å². The Hall–Kier alpha value is -0.910. The van der Waals surface area contributed by atoms with Gasteiger partial charge in [-0.15, -0.1) is 10.2 Å². The Bertz CT molecular complexity index is 445. The molecule has 0 unspecified atom stereocenters. The lowest BCUT2D eigenvalue weighted by Crippen LogP contribution is -1.96. The normalized spacial score (nSPS) is 12.6. The highest BCUT2D eigenvalue weighted by Crippen LogP contribution is 2.34. The van der Waals surface area contributed by atoms with Crippen molar-refractivity contribution in [2.45, 2.75) is 28.7 Å². The van der Waals surface area contributed by atoms with Crippen molar-refractivity contribution in [2.24, 2.45) is 0 Å². The third-order valence-electron chi connectivity index (χ3n) is 2.20. The molecule has 0 spiro atoms. The Labute approximate surface area is 103 Å². The molecular weight excluding hydrogens is 240 g/mol. The Balaban J connectivity index is 2.26. The van der Waals surface area contributed by atoms with E-state index in [1.54, 1.807) is 17.3 Å². The van der Waals surface area contributed by atoms with Crippen molar-refractivity contribution in [3.63, 3.8) is 0 Å². The highest BCUT2D eigenvalue weighted by Gasteiger charge is 2.11. The second-order valence-corrected chi connectivity index (χ2v) is 5.39. The predicted octanol–water partition coefficient (Wildman–Crippen LogP) is 3.13. The van der Waals surface area contributed by atoms with E-state index in [0.717, 1.165) is 14.8 Å². The Morgan fingerprint density at radius 1 is 1.44 bits per heavy atom. The van der Waals surface area contributed by atoms with Gasteiger partial charge in [-0.2, -0.15) is 0 Å². The molecule has 1 N–H and O–H groups in total. The first-order chi connectivity index (χ1) is 7.81. The van der Waals surface area contributed by atoms with E-state index in [1.165, 1.54) is 11.3 Å². The van der Waals surface area contributed by atoms with Crippen LogP contribution in [0.1, 0.15) is 25.0 Å². The molecule has 1 aromatic carbocycles. The first kappa shape index (κ1) is 11.6. The van der Waals surface area contributed by atoms with Gasteiger partial charge in [-0.25, -0.2) is 0 Å². The molecule has 0 aliphatic rings. The molecule has 84 valence electrons. The van der Waals surface area contributed by atoms with Gasteiger partial charge in [0.1, 0.15) is 5.51 Å². The molecule has 1 atom stereocenters. The van der Waals surface area contributed by atoms with E-state index < -0.39 is 6.10 Å². The fourth-order valence-electron chi connectivity index (χ4n) is 1.37. The minimum Gasteiger partial charge on any atom is -0.388 e. The molecule has 5 heteroatoms. The van der Waals surface area contributed by atoms with Crippen molar-refractivity contribution in [1.29, 1.82) is 0 Å². The lowest BCUT2D eigenvalue weighted by Gasteiger charge is -2.12. The summed E-state index contributed by atoms with van der Waals surface area (Å²) < 4.78 is 0.899. The fourth-order valence-corrected chi connectivity index (χ4v) is 2.98. The third-order valence-corrected chi connectivity index (χ3v) is 4.07. The van der Waals surface area contributed by atoms with E-state index in [-0.39, 0.29) is 0 Å². The van der Waals surface area contributed by atoms with E-state index in [4.69, 9.17) is 0 Å². The monoisotopic (exact) mass is 252 g/mol. The summed E-state index contributed by atoms with van der Waals surface area (Å²) in [4.78, 5) is 1.05. The first-order valence-corrected chi connectivity index (χ1v) is 6.72. The largest absolute Gasteiger partial charge is 0.388 e. The van der Waals surface area contributed by atoms with Crippen molar-refractivity contribution < 1.29 is 5.11 Å². The van der Waals surface area contributed by atoms with Crippen LogP contribution in [-0.4, -0.2) is 15.3 Å². The molecule has 0 radical (unpaired) electrons. The molecule has 2 rings (SSSR count). The number of hydrogen-bond acceptors (Lipinski definition) is 5. The average Bonchev–Trinajstić information content (AvgIpc) is 2.82. The van der Waals surface area contributed by atoms with Crippen LogP contribution < -0.4 is 0 Å². The zero-order chi connectivity index (χ0) is 11.4. The van der Waals surface area contributed by atoms with Crippen LogP contribution >= 0.6 is 23.1 Å². The lowest BCUT2D eigenvalue weighted by atomic mass is 10.1. The standard InChI is InChI=1S/C11H12N2OS2/c1-2-9(14)8-5-3-4-6-10(8)16-11-13-12-7-15-11/h3-7,9,14H,2H2,1H3/t9-/m1/s1. The van der Waals surface area contributed by atoms with Crippen LogP contribution in [0.15, 0.2) is 39.0 Å². The second kappa shape index (κ2) is 5.43. The van der Waals surface area contributed by atoms with Crippen LogP contribution in [0.5, 0.6) is 0 Å². The SMILES string of the molecule is CC[C@@H](O)c1ccccc1Sc1nncs1. The van der Waals surface area contributed by atoms with Gasteiger partial charge in [-0.05, 0) is 18.1 Å². The smallest absolute Gasteiger partial charge is 0.178 e. The first-order valence-electron chi connectivity index (χ1n) is 5.02. The van der Waals surface area contributed by atoms with Gasteiger partial charge in [0.2, 0.25) is 0 Å². The second-order valence-electron chi connectivity index (χ2n) is 3.27. The van der Waals surface area contributed by atoms with Crippen molar-refractivity contribution in [1.82, 2.24) is 10.2 Å². The maximum Gasteiger partial charge on any atom is 0.178 e. The maximum absolute atomic E-state index is 9.89. The van der Waals surface area contributed by atoms with Gasteiger partial charge in [-0.1, -0.05) is 48.2 Å². The Morgan fingerprint density at radius 3 is 2.94 bits per heavy atom. The number of rotatable bonds is 4. The molecule has 0 amide bonds. The molecule has 2 aromatic rings. The topological polar surface area (TPSA) is 46.0 Å². The van der Waals surface area contributed by atoms with Gasteiger partial charge in [0, 0.05) is 4.90 Å². The molecule has 1 aromatic heterocycles. The fraction of sp³-hybridized carbons (Fsp3) is 0.273. The lowest BCUT2D eigenvalue weighted by molar-refractivity contribution is 0.171. The van der Waals surface area contributed by atoms with Crippen LogP contribution in [0.2, 0.25) is 0 Å². The summed E-state index contributed by atoms with van der Waals surface area (Å²) in [5.41, 5.74) is 2.67. The highest BCUT2D eigenvalue weighted by atomic mass is 32.2. The van der Waals surface area contributed by atoms with Crippen LogP contribution in [0.4, 0.5) is 0 Å². The molecule has 0 bridgehead atoms. The van der Waals surface area contributed by atoms with E-state index in [0.29, 0.717) is 6.42 Å². The quantitative estimate of drug-likeness (QED) is 0.908. The molecule has 0 fully saturated rings. The van der Waals surface area contributed by atoms with Crippen LogP contribution in [0.3, 0.4) is 0 Å². The summed E-state index contributed by atoms with van der Waals surface area (Å²) in [6, 6.07) is 7.87. The van der Waals surface area contributed by atoms with E-state index in [2.05, 4.69) is 10.2 Å². The van der Waals surface area contributed by atoms with Crippen LogP contribution in [-0.2, 0) is 0 Å². The molecular formula is C11H12N2OS2. The van der Waals surface area contributed by atoms with Crippen LogP contribution in [0.25, 0.3) is 0 Å². The number of aliphatic hydroxyl groups is 1. The van der Waals surface area contributed by atoms with Crippen molar-refractivity contribution >= 4 is 23.1 Å². The summed E-state index contributed by atoms with van der Waals surface area (Å²) in [6.07, 6.45) is 0.310. The minimum atomic E-state index is -0.406. The molecule has 0 aliphatic heterocycles. The van der Waals surface area contributed by atoms with Crippen molar-refractivity contribution in [3.8, 4) is 0 Å². The van der Waals surface area contributed by atoms with Crippen molar-refractivity contribution in [3.05, 3.63) is 35.3 Å². The zero-order valence-electron chi connectivity index (χ0n) is 8.83. The van der Waals surface area contributed by atoms with Gasteiger partial charge >= 0.3 is 0 Å². The minimum absolute atomic E-state index is 0.406. The van der Waals surface area contributed by atoms with E-state index in [1.807, 2.05) is 31.2 Å². The number of nitrogens with zero attached hydrogens (tertiary/aromatic N) is 2. The maximum atomic E-state index is 9.89. The highest BCUT2D eigenvalue weighted by molar-refractivity contribution is 8.01. The van der Waals surface area contributed by atoms with E-state index >= 15 is 0 Å². The zero-order valence-corrected chi connectivity index (χ0v) is 10.5. The molecule has 3 nitrogen and oxygen atoms in total. The summed E-state index contributed by atoms with van der Waals surface area (Å²) in [6.45, 7) is 1.97. The number of hydrogen-bond donors (Lipinski definition) is 1. The Kier molecular flexibility index (Phi) is 3.93. The molecule has 0 saturated heterocycles. The van der Waals surface area contributed by atoms with Crippen molar-refractivity contribution in [2.75, 3.05) is 0 Å². The van der Waals surface area contributed by atoms with E-state index in [9.17, 15) is 5.11 Å². The van der Waals surface area contributed by atoms with Gasteiger partial charge in [0.05, 0.1) is 6.10 Å².